The van der Waals surface area contributed by atoms with Gasteiger partial charge in [0.15, 0.2) is 0 Å². The van der Waals surface area contributed by atoms with Crippen molar-refractivity contribution in [2.45, 2.75) is 25.8 Å². The van der Waals surface area contributed by atoms with Crippen molar-refractivity contribution in [2.24, 2.45) is 0 Å². The van der Waals surface area contributed by atoms with Gasteiger partial charge in [0.1, 0.15) is 18.1 Å². The van der Waals surface area contributed by atoms with Gasteiger partial charge < -0.3 is 14.5 Å². The van der Waals surface area contributed by atoms with Crippen LogP contribution in [0.4, 0.5) is 0 Å². The summed E-state index contributed by atoms with van der Waals surface area (Å²) in [7, 11) is 0. The number of aryl methyl sites for hydroxylation is 1. The number of hydrogen-bond acceptors (Lipinski definition) is 3. The molecule has 1 aromatic carbocycles. The molecule has 0 saturated heterocycles. The van der Waals surface area contributed by atoms with E-state index in [9.17, 15) is 4.79 Å². The number of amides is 1. The van der Waals surface area contributed by atoms with Crippen molar-refractivity contribution in [3.8, 4) is 5.75 Å². The third-order valence-electron chi connectivity index (χ3n) is 3.70. The average Bonchev–Trinajstić information content (AvgIpc) is 3.06. The highest BCUT2D eigenvalue weighted by atomic mass is 16.5. The number of carbonyl (C=O) groups excluding carboxylic acids is 1. The van der Waals surface area contributed by atoms with Gasteiger partial charge in [-0.15, -0.1) is 0 Å². The lowest BCUT2D eigenvalue weighted by Crippen LogP contribution is -2.35. The highest BCUT2D eigenvalue weighted by Gasteiger charge is 2.18. The first-order valence-electron chi connectivity index (χ1n) is 7.48. The Morgan fingerprint density at radius 2 is 2.14 bits per heavy atom. The summed E-state index contributed by atoms with van der Waals surface area (Å²) in [4.78, 5) is 12.3. The number of nitrogens with one attached hydrogen (secondary N) is 1. The average molecular weight is 297 g/mol. The lowest BCUT2D eigenvalue weighted by Gasteiger charge is -2.19. The molecule has 0 aliphatic carbocycles. The highest BCUT2D eigenvalue weighted by Crippen LogP contribution is 2.25. The second-order valence-electron chi connectivity index (χ2n) is 5.49. The zero-order valence-electron chi connectivity index (χ0n) is 12.5. The molecule has 22 heavy (non-hydrogen) atoms. The molecule has 4 nitrogen and oxygen atoms in total. The Labute approximate surface area is 129 Å². The summed E-state index contributed by atoms with van der Waals surface area (Å²) in [5.41, 5.74) is 1.60. The second kappa shape index (κ2) is 6.52. The molecule has 0 spiro atoms. The molecule has 1 atom stereocenters. The maximum Gasteiger partial charge on any atom is 0.250 e. The zero-order chi connectivity index (χ0) is 15.4. The quantitative estimate of drug-likeness (QED) is 0.922. The first-order chi connectivity index (χ1) is 10.7. The first kappa shape index (κ1) is 14.4. The van der Waals surface area contributed by atoms with Crippen LogP contribution in [-0.4, -0.2) is 18.6 Å². The van der Waals surface area contributed by atoms with Crippen molar-refractivity contribution in [2.75, 3.05) is 6.61 Å². The van der Waals surface area contributed by atoms with E-state index in [1.165, 1.54) is 0 Å². The van der Waals surface area contributed by atoms with E-state index in [1.54, 1.807) is 6.26 Å². The normalized spacial score (nSPS) is 14.5. The summed E-state index contributed by atoms with van der Waals surface area (Å²) >= 11 is 0. The van der Waals surface area contributed by atoms with Gasteiger partial charge in [0, 0.05) is 18.0 Å². The van der Waals surface area contributed by atoms with Crippen molar-refractivity contribution in [1.29, 1.82) is 0 Å². The minimum Gasteiger partial charge on any atom is -0.488 e. The van der Waals surface area contributed by atoms with Crippen molar-refractivity contribution < 1.29 is 13.9 Å². The van der Waals surface area contributed by atoms with Gasteiger partial charge in [-0.2, -0.15) is 0 Å². The van der Waals surface area contributed by atoms with Gasteiger partial charge in [0.05, 0.1) is 11.8 Å². The number of para-hydroxylation sites is 1. The van der Waals surface area contributed by atoms with E-state index < -0.39 is 0 Å². The Bertz CT molecular complexity index is 673. The van der Waals surface area contributed by atoms with Gasteiger partial charge >= 0.3 is 0 Å². The van der Waals surface area contributed by atoms with Gasteiger partial charge in [-0.05, 0) is 37.6 Å². The van der Waals surface area contributed by atoms with E-state index in [0.29, 0.717) is 12.2 Å². The topological polar surface area (TPSA) is 51.5 Å². The van der Waals surface area contributed by atoms with E-state index in [4.69, 9.17) is 9.15 Å². The second-order valence-corrected chi connectivity index (χ2v) is 5.49. The molecule has 1 aliphatic rings. The van der Waals surface area contributed by atoms with Crippen molar-refractivity contribution >= 4 is 12.0 Å². The van der Waals surface area contributed by atoms with Crippen molar-refractivity contribution in [3.63, 3.8) is 0 Å². The van der Waals surface area contributed by atoms with Gasteiger partial charge in [0.25, 0.3) is 5.91 Å². The molecule has 0 radical (unpaired) electrons. The fraction of sp³-hybridized carbons (Fsp3) is 0.278. The van der Waals surface area contributed by atoms with E-state index in [2.05, 4.69) is 5.32 Å². The number of ether oxygens (including phenoxy) is 1. The van der Waals surface area contributed by atoms with Crippen LogP contribution in [0.2, 0.25) is 0 Å². The molecule has 1 unspecified atom stereocenters. The molecule has 1 N–H and O–H groups in total. The van der Waals surface area contributed by atoms with Gasteiger partial charge in [0.2, 0.25) is 0 Å². The fourth-order valence-electron chi connectivity index (χ4n) is 2.45. The summed E-state index contributed by atoms with van der Waals surface area (Å²) < 4.78 is 10.9. The van der Waals surface area contributed by atoms with Crippen LogP contribution in [0.25, 0.3) is 6.08 Å². The minimum atomic E-state index is -0.0681. The molecule has 1 aromatic heterocycles. The van der Waals surface area contributed by atoms with Gasteiger partial charge in [-0.1, -0.05) is 18.2 Å². The SMILES string of the molecule is CC(CCc1ccco1)NC(=O)C1=Cc2ccccc2OC1. The molecule has 1 aliphatic heterocycles. The number of furan rings is 1. The number of fused-ring (bicyclic) bond motifs is 1. The number of hydrogen-bond donors (Lipinski definition) is 1. The largest absolute Gasteiger partial charge is 0.488 e. The maximum atomic E-state index is 12.3. The maximum absolute atomic E-state index is 12.3. The van der Waals surface area contributed by atoms with E-state index in [-0.39, 0.29) is 11.9 Å². The van der Waals surface area contributed by atoms with Crippen LogP contribution in [0.5, 0.6) is 5.75 Å². The zero-order valence-corrected chi connectivity index (χ0v) is 12.5. The van der Waals surface area contributed by atoms with Crippen LogP contribution in [-0.2, 0) is 11.2 Å². The van der Waals surface area contributed by atoms with Crippen molar-refractivity contribution in [1.82, 2.24) is 5.32 Å². The van der Waals surface area contributed by atoms with Crippen LogP contribution in [0, 0.1) is 0 Å². The molecular formula is C18H19NO3. The lowest BCUT2D eigenvalue weighted by atomic mass is 10.1. The molecule has 2 heterocycles. The summed E-state index contributed by atoms with van der Waals surface area (Å²) in [5, 5.41) is 3.01. The van der Waals surface area contributed by atoms with Crippen LogP contribution >= 0.6 is 0 Å². The number of rotatable bonds is 5. The monoisotopic (exact) mass is 297 g/mol. The number of benzene rings is 1. The Kier molecular flexibility index (Phi) is 4.28. The van der Waals surface area contributed by atoms with Gasteiger partial charge in [-0.3, -0.25) is 4.79 Å². The molecule has 0 saturated carbocycles. The van der Waals surface area contributed by atoms with E-state index in [1.807, 2.05) is 49.4 Å². The standard InChI is InChI=1S/C18H19NO3/c1-13(8-9-16-6-4-10-21-16)19-18(20)15-11-14-5-2-3-7-17(14)22-12-15/h2-7,10-11,13H,8-9,12H2,1H3,(H,19,20). The van der Waals surface area contributed by atoms with Gasteiger partial charge in [-0.25, -0.2) is 0 Å². The minimum absolute atomic E-state index is 0.0681. The summed E-state index contributed by atoms with van der Waals surface area (Å²) in [6, 6.07) is 11.6. The third-order valence-corrected chi connectivity index (χ3v) is 3.70. The Morgan fingerprint density at radius 3 is 2.95 bits per heavy atom. The molecule has 114 valence electrons. The van der Waals surface area contributed by atoms with Crippen LogP contribution in [0.1, 0.15) is 24.7 Å². The molecule has 0 bridgehead atoms. The van der Waals surface area contributed by atoms with Crippen LogP contribution in [0.3, 0.4) is 0 Å². The lowest BCUT2D eigenvalue weighted by molar-refractivity contribution is -0.118. The molecule has 0 fully saturated rings. The van der Waals surface area contributed by atoms with Crippen LogP contribution in [0.15, 0.2) is 52.7 Å². The fourth-order valence-corrected chi connectivity index (χ4v) is 2.45. The first-order valence-corrected chi connectivity index (χ1v) is 7.48. The Balaban J connectivity index is 1.57. The summed E-state index contributed by atoms with van der Waals surface area (Å²) in [5.74, 6) is 1.70. The highest BCUT2D eigenvalue weighted by molar-refractivity contribution is 5.99. The smallest absolute Gasteiger partial charge is 0.250 e. The molecule has 2 aromatic rings. The summed E-state index contributed by atoms with van der Waals surface area (Å²) in [6.45, 7) is 2.31. The van der Waals surface area contributed by atoms with Crippen molar-refractivity contribution in [3.05, 3.63) is 59.6 Å². The van der Waals surface area contributed by atoms with E-state index in [0.717, 1.165) is 29.9 Å². The molecule has 3 rings (SSSR count). The predicted octanol–water partition coefficient (Wildman–Crippen LogP) is 3.19. The predicted molar refractivity (Wildman–Crippen MR) is 84.5 cm³/mol. The number of carbonyl (C=O) groups is 1. The summed E-state index contributed by atoms with van der Waals surface area (Å²) in [6.07, 6.45) is 5.21. The van der Waals surface area contributed by atoms with Crippen LogP contribution < -0.4 is 10.1 Å². The molecular weight excluding hydrogens is 278 g/mol. The Hall–Kier alpha value is -2.49. The Morgan fingerprint density at radius 1 is 1.27 bits per heavy atom. The molecule has 4 heteroatoms. The third kappa shape index (κ3) is 3.39. The van der Waals surface area contributed by atoms with E-state index >= 15 is 0 Å². The molecule has 1 amide bonds.